The topological polar surface area (TPSA) is 291 Å². The van der Waals surface area contributed by atoms with Gasteiger partial charge >= 0.3 is 24.1 Å². The lowest BCUT2D eigenvalue weighted by molar-refractivity contribution is -0.142. The Morgan fingerprint density at radius 2 is 1.18 bits per heavy atom. The van der Waals surface area contributed by atoms with Crippen molar-refractivity contribution in [1.29, 1.82) is 0 Å². The first kappa shape index (κ1) is 60.9. The smallest absolute Gasteiger partial charge is 0.326 e. The first-order valence-corrected chi connectivity index (χ1v) is 24.9. The Balaban J connectivity index is 1.72. The second kappa shape index (κ2) is 28.1. The summed E-state index contributed by atoms with van der Waals surface area (Å²) < 4.78 is 0. The van der Waals surface area contributed by atoms with Crippen molar-refractivity contribution in [3.05, 3.63) is 0 Å². The molecule has 3 fully saturated rings. The van der Waals surface area contributed by atoms with E-state index in [9.17, 15) is 57.5 Å². The van der Waals surface area contributed by atoms with Gasteiger partial charge in [-0.25, -0.2) is 19.2 Å². The first-order valence-electron chi connectivity index (χ1n) is 24.9. The van der Waals surface area contributed by atoms with Gasteiger partial charge in [0.1, 0.15) is 24.7 Å². The molecular formula is C47H80N14O12. The predicted molar refractivity (Wildman–Crippen MR) is 266 cm³/mol. The minimum Gasteiger partial charge on any atom is -0.351 e. The highest BCUT2D eigenvalue weighted by Crippen LogP contribution is 2.32. The molecule has 26 nitrogen and oxygen atoms in total. The maximum Gasteiger partial charge on any atom is 0.326 e. The van der Waals surface area contributed by atoms with Crippen LogP contribution in [0.5, 0.6) is 0 Å². The van der Waals surface area contributed by atoms with Gasteiger partial charge in [0.15, 0.2) is 0 Å². The average molecular weight is 1030 g/mol. The number of imide groups is 4. The van der Waals surface area contributed by atoms with Crippen molar-refractivity contribution in [1.82, 2.24) is 64.5 Å². The molecule has 1 saturated carbocycles. The largest absolute Gasteiger partial charge is 0.351 e. The lowest BCUT2D eigenvalue weighted by atomic mass is 9.95. The molecule has 4 N–H and O–H groups in total. The molecule has 0 aromatic rings. The number of likely N-dealkylation sites (tertiary alicyclic amines) is 1. The number of piperidine rings is 1. The zero-order chi connectivity index (χ0) is 54.9. The predicted octanol–water partition coefficient (Wildman–Crippen LogP) is -1.12. The van der Waals surface area contributed by atoms with Crippen molar-refractivity contribution < 1.29 is 57.5 Å². The molecule has 0 aromatic heterocycles. The lowest BCUT2D eigenvalue weighted by Gasteiger charge is -2.38. The van der Waals surface area contributed by atoms with Gasteiger partial charge < -0.3 is 45.3 Å². The fourth-order valence-electron chi connectivity index (χ4n) is 8.65. The average Bonchev–Trinajstić information content (AvgIpc) is 3.84. The number of hydrogen-bond donors (Lipinski definition) is 3. The summed E-state index contributed by atoms with van der Waals surface area (Å²) in [6, 6.07) is -5.31. The quantitative estimate of drug-likeness (QED) is 0.130. The number of primary amides is 1. The number of hydrogen-bond acceptors (Lipinski definition) is 14. The number of piperazine rings is 1. The van der Waals surface area contributed by atoms with E-state index in [1.165, 1.54) is 52.1 Å². The number of likely N-dealkylation sites (N-methyl/N-ethyl adjacent to an activating group) is 7. The minimum atomic E-state index is -1.61. The van der Waals surface area contributed by atoms with Crippen LogP contribution in [0.25, 0.3) is 0 Å². The van der Waals surface area contributed by atoms with Gasteiger partial charge in [0.05, 0.1) is 19.5 Å². The van der Waals surface area contributed by atoms with E-state index in [2.05, 4.69) is 20.4 Å². The summed E-state index contributed by atoms with van der Waals surface area (Å²) in [5, 5.41) is 4.99. The molecule has 2 heterocycles. The molecule has 410 valence electrons. The fourth-order valence-corrected chi connectivity index (χ4v) is 8.65. The van der Waals surface area contributed by atoms with Crippen molar-refractivity contribution in [2.24, 2.45) is 11.7 Å². The van der Waals surface area contributed by atoms with Gasteiger partial charge in [0.25, 0.3) is 5.91 Å². The van der Waals surface area contributed by atoms with E-state index in [0.29, 0.717) is 68.2 Å². The summed E-state index contributed by atoms with van der Waals surface area (Å²) in [5.41, 5.74) is 3.70. The van der Waals surface area contributed by atoms with Crippen molar-refractivity contribution in [3.63, 3.8) is 0 Å². The molecule has 73 heavy (non-hydrogen) atoms. The second-order valence-corrected chi connectivity index (χ2v) is 19.7. The van der Waals surface area contributed by atoms with Crippen LogP contribution < -0.4 is 16.4 Å². The maximum atomic E-state index is 14.4. The minimum absolute atomic E-state index is 0.0312. The van der Waals surface area contributed by atoms with Crippen LogP contribution in [-0.2, 0) is 38.4 Å². The monoisotopic (exact) mass is 1030 g/mol. The molecule has 2 atom stereocenters. The SMILES string of the molecule is CC[C@H](C)CC(=O)N(C)CC(=O)N(C)CC(=O)N(C)C(=O)N(C)CC(=O)NC(=O)N(CCN1CCN(C)CC1)CC(=O)NC1(C(=O)N(C)C(=O)N(C)[C@@H](CC(=O)N(C)C(N)=O)C(=O)N2CCCCC2)CCCC1. The molecule has 0 unspecified atom stereocenters. The van der Waals surface area contributed by atoms with E-state index in [4.69, 9.17) is 5.73 Å². The van der Waals surface area contributed by atoms with Crippen molar-refractivity contribution >= 4 is 71.4 Å². The summed E-state index contributed by atoms with van der Waals surface area (Å²) in [5.74, 6) is -5.28. The Labute approximate surface area is 428 Å². The fraction of sp³-hybridized carbons (Fsp3) is 0.745. The van der Waals surface area contributed by atoms with E-state index >= 15 is 0 Å². The molecule has 0 spiro atoms. The van der Waals surface area contributed by atoms with Gasteiger partial charge in [-0.15, -0.1) is 0 Å². The van der Waals surface area contributed by atoms with Crippen LogP contribution in [0.4, 0.5) is 19.2 Å². The van der Waals surface area contributed by atoms with Gasteiger partial charge in [0.2, 0.25) is 41.4 Å². The molecule has 16 amide bonds. The summed E-state index contributed by atoms with van der Waals surface area (Å²) in [6.45, 7) is 5.71. The van der Waals surface area contributed by atoms with Crippen LogP contribution in [0.1, 0.15) is 78.1 Å². The van der Waals surface area contributed by atoms with E-state index in [1.807, 2.05) is 20.9 Å². The van der Waals surface area contributed by atoms with E-state index in [-0.39, 0.29) is 44.2 Å². The van der Waals surface area contributed by atoms with Crippen LogP contribution in [0.15, 0.2) is 0 Å². The third-order valence-corrected chi connectivity index (χ3v) is 14.0. The van der Waals surface area contributed by atoms with Gasteiger partial charge in [-0.1, -0.05) is 33.1 Å². The number of nitrogens with zero attached hydrogens (tertiary/aromatic N) is 11. The Bertz CT molecular complexity index is 2040. The maximum absolute atomic E-state index is 14.4. The summed E-state index contributed by atoms with van der Waals surface area (Å²) in [6.07, 6.45) is 4.04. The number of amides is 16. The molecule has 0 aromatic carbocycles. The van der Waals surface area contributed by atoms with E-state index in [1.54, 1.807) is 0 Å². The second-order valence-electron chi connectivity index (χ2n) is 19.7. The van der Waals surface area contributed by atoms with Crippen LogP contribution >= 0.6 is 0 Å². The normalized spacial score (nSPS) is 16.4. The van der Waals surface area contributed by atoms with Gasteiger partial charge in [0, 0.05) is 108 Å². The zero-order valence-electron chi connectivity index (χ0n) is 44.6. The number of nitrogens with one attached hydrogen (secondary N) is 2. The highest BCUT2D eigenvalue weighted by Gasteiger charge is 2.47. The molecule has 0 radical (unpaired) electrons. The number of rotatable bonds is 20. The Hall–Kier alpha value is -6.44. The van der Waals surface area contributed by atoms with Crippen molar-refractivity contribution in [3.8, 4) is 0 Å². The summed E-state index contributed by atoms with van der Waals surface area (Å²) >= 11 is 0. The highest BCUT2D eigenvalue weighted by molar-refractivity contribution is 6.04. The van der Waals surface area contributed by atoms with Crippen LogP contribution in [0.2, 0.25) is 0 Å². The van der Waals surface area contributed by atoms with Gasteiger partial charge in [-0.05, 0) is 45.1 Å². The first-order chi connectivity index (χ1) is 34.2. The summed E-state index contributed by atoms with van der Waals surface area (Å²) in [7, 11) is 10.8. The Kier molecular flexibility index (Phi) is 23.5. The van der Waals surface area contributed by atoms with E-state index in [0.717, 1.165) is 57.5 Å². The number of carbonyl (C=O) groups is 12. The number of carbonyl (C=O) groups excluding carboxylic acids is 12. The Morgan fingerprint density at radius 1 is 0.603 bits per heavy atom. The third-order valence-electron chi connectivity index (χ3n) is 14.0. The molecule has 2 saturated heterocycles. The van der Waals surface area contributed by atoms with Crippen LogP contribution in [0.3, 0.4) is 0 Å². The third kappa shape index (κ3) is 17.6. The standard InChI is InChI=1S/C47H80N14O12/c1-11-33(2)27-37(64)52(4)31-39(66)53(5)32-40(67)57(9)45(72)54(6)29-35(62)49-44(71)61(26-25-59-23-21-51(3)22-24-59)30-36(63)50-47(17-13-14-18-47)42(69)58(10)46(73)55(7)34(28-38(65)56(8)43(48)70)41(68)60-19-15-12-16-20-60/h33-34H,11-32H2,1-10H3,(H2,48,70)(H,50,63)(H,49,62,71)/t33-,34-/m0/s1. The van der Waals surface area contributed by atoms with Crippen LogP contribution in [-0.4, -0.2) is 272 Å². The molecule has 2 aliphatic heterocycles. The Morgan fingerprint density at radius 3 is 1.75 bits per heavy atom. The number of urea groups is 4. The molecule has 26 heteroatoms. The number of nitrogens with two attached hydrogens (primary N) is 1. The van der Waals surface area contributed by atoms with Crippen molar-refractivity contribution in [2.45, 2.75) is 89.6 Å². The zero-order valence-corrected chi connectivity index (χ0v) is 44.6. The molecular weight excluding hydrogens is 953 g/mol. The lowest BCUT2D eigenvalue weighted by Crippen LogP contribution is -2.63. The molecule has 1 aliphatic carbocycles. The molecule has 0 bridgehead atoms. The van der Waals surface area contributed by atoms with Crippen LogP contribution in [0, 0.1) is 5.92 Å². The summed E-state index contributed by atoms with van der Waals surface area (Å²) in [4.78, 5) is 173. The van der Waals surface area contributed by atoms with Gasteiger partial charge in [-0.3, -0.25) is 63.3 Å². The van der Waals surface area contributed by atoms with Crippen molar-refractivity contribution in [2.75, 3.05) is 135 Å². The highest BCUT2D eigenvalue weighted by atomic mass is 16.2. The van der Waals surface area contributed by atoms with Gasteiger partial charge in [-0.2, -0.15) is 0 Å². The van der Waals surface area contributed by atoms with E-state index < -0.39 is 103 Å². The molecule has 3 rings (SSSR count). The molecule has 3 aliphatic rings.